The van der Waals surface area contributed by atoms with Gasteiger partial charge in [0.25, 0.3) is 11.6 Å². The summed E-state index contributed by atoms with van der Waals surface area (Å²) in [5.74, 6) is 1.82. The van der Waals surface area contributed by atoms with Gasteiger partial charge in [-0.25, -0.2) is 9.78 Å². The number of nitrogens with one attached hydrogen (secondary N) is 2. The summed E-state index contributed by atoms with van der Waals surface area (Å²) in [6.45, 7) is 4.15. The third-order valence-corrected chi connectivity index (χ3v) is 7.81. The second kappa shape index (κ2) is 8.36. The molecule has 0 aliphatic heterocycles. The van der Waals surface area contributed by atoms with Gasteiger partial charge in [-0.15, -0.1) is 0 Å². The molecule has 1 aromatic carbocycles. The van der Waals surface area contributed by atoms with Crippen molar-refractivity contribution in [3.63, 3.8) is 0 Å². The van der Waals surface area contributed by atoms with Crippen molar-refractivity contribution in [2.45, 2.75) is 63.9 Å². The molecule has 4 unspecified atom stereocenters. The minimum Gasteiger partial charge on any atom is -0.462 e. The van der Waals surface area contributed by atoms with E-state index in [1.807, 2.05) is 12.1 Å². The van der Waals surface area contributed by atoms with Gasteiger partial charge in [-0.05, 0) is 68.6 Å². The van der Waals surface area contributed by atoms with Gasteiger partial charge in [0.1, 0.15) is 11.9 Å². The molecule has 4 aliphatic carbocycles. The fraction of sp³-hybridized carbons (Fsp3) is 0.481. The van der Waals surface area contributed by atoms with Crippen molar-refractivity contribution in [2.75, 3.05) is 6.61 Å². The fourth-order valence-corrected chi connectivity index (χ4v) is 6.42. The van der Waals surface area contributed by atoms with Crippen LogP contribution in [0.15, 0.2) is 40.7 Å². The van der Waals surface area contributed by atoms with Gasteiger partial charge in [0, 0.05) is 5.41 Å². The van der Waals surface area contributed by atoms with Gasteiger partial charge in [0.05, 0.1) is 12.2 Å². The lowest BCUT2D eigenvalue weighted by atomic mass is 9.70. The van der Waals surface area contributed by atoms with E-state index in [1.165, 1.54) is 6.42 Å². The average molecular weight is 475 g/mol. The average Bonchev–Trinajstić information content (AvgIpc) is 3.48. The lowest BCUT2D eigenvalue weighted by Crippen LogP contribution is -2.31. The standard InChI is InChI=1S/C27H30N4O4/c1-3-6-20(16-7-5-8-17(11-16)24(33)34-4-2)35-26-30-22-21(23(32)31-26)28-25(29-22)27-12-15-9-18(13-27)19(10-15)14-27/h5,7-9,11,15,19-20H,3-4,6,10,12-14H2,1-2H3,(H2,28,29,30,31,32). The van der Waals surface area contributed by atoms with Gasteiger partial charge >= 0.3 is 5.97 Å². The first-order valence-corrected chi connectivity index (χ1v) is 12.6. The van der Waals surface area contributed by atoms with Gasteiger partial charge in [-0.3, -0.25) is 9.78 Å². The summed E-state index contributed by atoms with van der Waals surface area (Å²) in [6, 6.07) is 7.35. The van der Waals surface area contributed by atoms with Gasteiger partial charge in [0.2, 0.25) is 0 Å². The van der Waals surface area contributed by atoms with E-state index in [-0.39, 0.29) is 29.1 Å². The number of allylic oxidation sites excluding steroid dienone is 2. The van der Waals surface area contributed by atoms with E-state index in [0.717, 1.165) is 37.1 Å². The van der Waals surface area contributed by atoms with E-state index in [1.54, 1.807) is 24.6 Å². The van der Waals surface area contributed by atoms with Crippen LogP contribution in [0.3, 0.4) is 0 Å². The summed E-state index contributed by atoms with van der Waals surface area (Å²) in [4.78, 5) is 40.6. The van der Waals surface area contributed by atoms with E-state index < -0.39 is 0 Å². The second-order valence-electron chi connectivity index (χ2n) is 10.2. The van der Waals surface area contributed by atoms with Crippen LogP contribution in [-0.4, -0.2) is 32.5 Å². The quantitative estimate of drug-likeness (QED) is 0.360. The second-order valence-corrected chi connectivity index (χ2v) is 10.2. The molecule has 2 heterocycles. The number of benzene rings is 1. The number of hydrogen-bond donors (Lipinski definition) is 2. The van der Waals surface area contributed by atoms with E-state index in [4.69, 9.17) is 14.5 Å². The highest BCUT2D eigenvalue weighted by Gasteiger charge is 2.53. The van der Waals surface area contributed by atoms with Crippen molar-refractivity contribution in [1.29, 1.82) is 0 Å². The third kappa shape index (κ3) is 3.75. The van der Waals surface area contributed by atoms with Crippen molar-refractivity contribution >= 4 is 17.1 Å². The van der Waals surface area contributed by atoms with Crippen LogP contribution in [0.2, 0.25) is 0 Å². The Morgan fingerprint density at radius 1 is 1.23 bits per heavy atom. The third-order valence-electron chi connectivity index (χ3n) is 7.81. The Labute approximate surface area is 203 Å². The monoisotopic (exact) mass is 474 g/mol. The van der Waals surface area contributed by atoms with Crippen LogP contribution in [0.5, 0.6) is 6.01 Å². The number of H-pyrrole nitrogens is 2. The normalized spacial score (nSPS) is 25.1. The number of rotatable bonds is 8. The van der Waals surface area contributed by atoms with Crippen LogP contribution >= 0.6 is 0 Å². The van der Waals surface area contributed by atoms with Crippen molar-refractivity contribution in [1.82, 2.24) is 19.9 Å². The number of hydrogen-bond acceptors (Lipinski definition) is 6. The van der Waals surface area contributed by atoms with Crippen molar-refractivity contribution in [2.24, 2.45) is 11.8 Å². The largest absolute Gasteiger partial charge is 0.462 e. The van der Waals surface area contributed by atoms with E-state index in [2.05, 4.69) is 28.0 Å². The Morgan fingerprint density at radius 3 is 2.89 bits per heavy atom. The molecule has 0 radical (unpaired) electrons. The Morgan fingerprint density at radius 2 is 2.11 bits per heavy atom. The SMILES string of the molecule is CCCC(Oc1nc2nc(C34CC5=CC(CC5C3)C4)[nH]c2c(=O)[nH]1)c1cccc(C(=O)OCC)c1. The molecular weight excluding hydrogens is 444 g/mol. The predicted molar refractivity (Wildman–Crippen MR) is 130 cm³/mol. The molecule has 2 N–H and O–H groups in total. The van der Waals surface area contributed by atoms with Crippen LogP contribution in [0.25, 0.3) is 11.2 Å². The minimum atomic E-state index is -0.375. The van der Waals surface area contributed by atoms with E-state index >= 15 is 0 Å². The molecule has 8 nitrogen and oxygen atoms in total. The van der Waals surface area contributed by atoms with E-state index in [0.29, 0.717) is 41.6 Å². The maximum atomic E-state index is 12.9. The Bertz CT molecular complexity index is 1390. The summed E-state index contributed by atoms with van der Waals surface area (Å²) in [5.41, 5.74) is 3.37. The molecule has 182 valence electrons. The molecule has 2 saturated carbocycles. The number of aromatic amines is 2. The highest BCUT2D eigenvalue weighted by molar-refractivity contribution is 5.89. The number of nitrogens with zero attached hydrogens (tertiary/aromatic N) is 2. The Kier molecular flexibility index (Phi) is 5.27. The first kappa shape index (κ1) is 22.1. The Hall–Kier alpha value is -3.42. The summed E-state index contributed by atoms with van der Waals surface area (Å²) in [7, 11) is 0. The maximum Gasteiger partial charge on any atom is 0.338 e. The van der Waals surface area contributed by atoms with Crippen LogP contribution in [0.4, 0.5) is 0 Å². The molecule has 4 atom stereocenters. The summed E-state index contributed by atoms with van der Waals surface area (Å²) >= 11 is 0. The topological polar surface area (TPSA) is 110 Å². The maximum absolute atomic E-state index is 12.9. The lowest BCUT2D eigenvalue weighted by molar-refractivity contribution is 0.0526. The zero-order valence-electron chi connectivity index (χ0n) is 20.1. The zero-order chi connectivity index (χ0) is 24.2. The number of carbonyl (C=O) groups excluding carboxylic acids is 1. The molecule has 2 aromatic heterocycles. The lowest BCUT2D eigenvalue weighted by Gasteiger charge is -2.34. The Balaban J connectivity index is 1.30. The molecule has 7 rings (SSSR count). The molecule has 0 saturated heterocycles. The van der Waals surface area contributed by atoms with Crippen LogP contribution < -0.4 is 10.3 Å². The number of carbonyl (C=O) groups is 1. The predicted octanol–water partition coefficient (Wildman–Crippen LogP) is 4.74. The molecule has 8 heteroatoms. The first-order chi connectivity index (χ1) is 17.0. The highest BCUT2D eigenvalue weighted by Crippen LogP contribution is 2.61. The van der Waals surface area contributed by atoms with Gasteiger partial charge in [-0.2, -0.15) is 4.98 Å². The number of fused-ring (bicyclic) bond motifs is 1. The summed E-state index contributed by atoms with van der Waals surface area (Å²) in [5, 5.41) is 0. The molecule has 4 bridgehead atoms. The molecule has 35 heavy (non-hydrogen) atoms. The van der Waals surface area contributed by atoms with Gasteiger partial charge < -0.3 is 14.5 Å². The molecular formula is C27H30N4O4. The molecule has 0 amide bonds. The fourth-order valence-electron chi connectivity index (χ4n) is 6.42. The van der Waals surface area contributed by atoms with Crippen molar-refractivity contribution in [3.8, 4) is 6.01 Å². The van der Waals surface area contributed by atoms with Crippen LogP contribution in [-0.2, 0) is 10.2 Å². The van der Waals surface area contributed by atoms with Crippen LogP contribution in [0.1, 0.15) is 80.2 Å². The molecule has 4 aliphatic rings. The molecule has 3 aromatic rings. The van der Waals surface area contributed by atoms with Gasteiger partial charge in [-0.1, -0.05) is 37.1 Å². The summed E-state index contributed by atoms with van der Waals surface area (Å²) in [6.07, 6.45) is 8.12. The number of esters is 1. The zero-order valence-corrected chi connectivity index (χ0v) is 20.1. The van der Waals surface area contributed by atoms with Crippen molar-refractivity contribution in [3.05, 3.63) is 63.2 Å². The minimum absolute atomic E-state index is 0.00408. The summed E-state index contributed by atoms with van der Waals surface area (Å²) < 4.78 is 11.3. The highest BCUT2D eigenvalue weighted by atomic mass is 16.5. The number of aromatic nitrogens is 4. The molecule has 2 fully saturated rings. The smallest absolute Gasteiger partial charge is 0.338 e. The number of ether oxygens (including phenoxy) is 2. The van der Waals surface area contributed by atoms with Gasteiger partial charge in [0.15, 0.2) is 11.2 Å². The van der Waals surface area contributed by atoms with Crippen LogP contribution in [0, 0.1) is 11.8 Å². The number of imidazole rings is 1. The molecule has 0 spiro atoms. The van der Waals surface area contributed by atoms with E-state index in [9.17, 15) is 9.59 Å². The van der Waals surface area contributed by atoms with Crippen molar-refractivity contribution < 1.29 is 14.3 Å². The first-order valence-electron chi connectivity index (χ1n) is 12.6.